The van der Waals surface area contributed by atoms with Crippen molar-refractivity contribution in [2.24, 2.45) is 0 Å². The molecular formula is C25H21BrN2O4S. The number of hydrogen-bond acceptors (Lipinski definition) is 6. The van der Waals surface area contributed by atoms with E-state index >= 15 is 0 Å². The molecule has 8 heteroatoms. The van der Waals surface area contributed by atoms with Crippen LogP contribution in [0.4, 0.5) is 5.13 Å². The minimum absolute atomic E-state index is 0.0604. The minimum atomic E-state index is -0.665. The van der Waals surface area contributed by atoms with Crippen LogP contribution in [0.5, 0.6) is 5.75 Å². The Bertz CT molecular complexity index is 1440. The van der Waals surface area contributed by atoms with E-state index in [0.29, 0.717) is 34.0 Å². The minimum Gasteiger partial charge on any atom is -0.494 e. The summed E-state index contributed by atoms with van der Waals surface area (Å²) >= 11 is 4.86. The van der Waals surface area contributed by atoms with E-state index in [1.54, 1.807) is 23.1 Å². The fraction of sp³-hybridized carbons (Fsp3) is 0.240. The first-order valence-corrected chi connectivity index (χ1v) is 12.3. The predicted molar refractivity (Wildman–Crippen MR) is 133 cm³/mol. The molecule has 1 aliphatic heterocycles. The zero-order valence-corrected chi connectivity index (χ0v) is 20.7. The van der Waals surface area contributed by atoms with Crippen molar-refractivity contribution in [2.45, 2.75) is 33.2 Å². The third kappa shape index (κ3) is 3.67. The normalized spacial score (nSPS) is 15.3. The van der Waals surface area contributed by atoms with Crippen molar-refractivity contribution < 1.29 is 13.9 Å². The molecule has 1 aliphatic rings. The number of halogens is 1. The van der Waals surface area contributed by atoms with Crippen molar-refractivity contribution in [3.05, 3.63) is 84.6 Å². The number of aryl methyl sites for hydroxylation is 2. The molecule has 0 radical (unpaired) electrons. The summed E-state index contributed by atoms with van der Waals surface area (Å²) in [7, 11) is 0. The van der Waals surface area contributed by atoms with Crippen LogP contribution in [0.3, 0.4) is 0 Å². The zero-order chi connectivity index (χ0) is 23.3. The lowest BCUT2D eigenvalue weighted by Crippen LogP contribution is -2.29. The number of aromatic nitrogens is 1. The summed E-state index contributed by atoms with van der Waals surface area (Å²) in [5, 5.41) is 0.962. The predicted octanol–water partition coefficient (Wildman–Crippen LogP) is 6.17. The van der Waals surface area contributed by atoms with Gasteiger partial charge in [-0.1, -0.05) is 35.0 Å². The molecule has 0 N–H and O–H groups in total. The van der Waals surface area contributed by atoms with Crippen LogP contribution in [0.15, 0.2) is 56.1 Å². The number of fused-ring (bicyclic) bond motifs is 2. The smallest absolute Gasteiger partial charge is 0.297 e. The van der Waals surface area contributed by atoms with Crippen molar-refractivity contribution in [3.8, 4) is 5.75 Å². The fourth-order valence-corrected chi connectivity index (χ4v) is 5.31. The summed E-state index contributed by atoms with van der Waals surface area (Å²) in [6.07, 6.45) is 0.878. The van der Waals surface area contributed by atoms with E-state index in [1.165, 1.54) is 11.3 Å². The van der Waals surface area contributed by atoms with E-state index in [1.807, 2.05) is 45.0 Å². The largest absolute Gasteiger partial charge is 0.494 e. The number of amides is 1. The van der Waals surface area contributed by atoms with Crippen molar-refractivity contribution in [2.75, 3.05) is 11.5 Å². The van der Waals surface area contributed by atoms with E-state index in [4.69, 9.17) is 9.15 Å². The second-order valence-corrected chi connectivity index (χ2v) is 10.0. The second-order valence-electron chi connectivity index (χ2n) is 7.95. The van der Waals surface area contributed by atoms with Crippen molar-refractivity contribution in [1.82, 2.24) is 4.98 Å². The third-order valence-corrected chi connectivity index (χ3v) is 7.27. The fourth-order valence-electron chi connectivity index (χ4n) is 4.01. The van der Waals surface area contributed by atoms with E-state index in [-0.39, 0.29) is 17.1 Å². The Labute approximate surface area is 203 Å². The molecule has 0 aliphatic carbocycles. The number of carbonyl (C=O) groups excluding carboxylic acids is 1. The zero-order valence-electron chi connectivity index (χ0n) is 18.3. The molecule has 1 amide bonds. The van der Waals surface area contributed by atoms with Gasteiger partial charge in [0.25, 0.3) is 5.91 Å². The van der Waals surface area contributed by atoms with Gasteiger partial charge in [-0.3, -0.25) is 14.5 Å². The van der Waals surface area contributed by atoms with Gasteiger partial charge in [0.2, 0.25) is 5.76 Å². The summed E-state index contributed by atoms with van der Waals surface area (Å²) in [5.41, 5.74) is 2.10. The number of thiazole rings is 1. The van der Waals surface area contributed by atoms with Crippen LogP contribution in [-0.2, 0) is 0 Å². The van der Waals surface area contributed by atoms with Crippen LogP contribution in [0, 0.1) is 13.8 Å². The topological polar surface area (TPSA) is 72.6 Å². The Kier molecular flexibility index (Phi) is 5.58. The highest BCUT2D eigenvalue weighted by Gasteiger charge is 2.45. The first-order valence-electron chi connectivity index (χ1n) is 10.7. The number of hydrogen-bond donors (Lipinski definition) is 0. The molecule has 3 heterocycles. The molecule has 0 saturated heterocycles. The molecule has 5 rings (SSSR count). The summed E-state index contributed by atoms with van der Waals surface area (Å²) < 4.78 is 12.6. The Morgan fingerprint density at radius 2 is 2.00 bits per heavy atom. The number of carbonyl (C=O) groups is 1. The van der Waals surface area contributed by atoms with Gasteiger partial charge < -0.3 is 9.15 Å². The standard InChI is InChI=1S/C25H21BrN2O4S/c1-4-10-31-17-7-5-6-15(11-17)21-20-22(29)18-12-16(26)8-9-19(18)32-23(20)24(30)28(21)25-27-13(2)14(3)33-25/h5-9,11-12,21H,4,10H2,1-3H3. The molecule has 0 saturated carbocycles. The lowest BCUT2D eigenvalue weighted by atomic mass is 9.98. The third-order valence-electron chi connectivity index (χ3n) is 5.70. The van der Waals surface area contributed by atoms with E-state index in [0.717, 1.165) is 27.0 Å². The van der Waals surface area contributed by atoms with Crippen LogP contribution < -0.4 is 15.1 Å². The molecule has 1 atom stereocenters. The number of benzene rings is 2. The molecule has 0 fully saturated rings. The van der Waals surface area contributed by atoms with Crippen LogP contribution in [0.25, 0.3) is 11.0 Å². The van der Waals surface area contributed by atoms with Gasteiger partial charge in [0.1, 0.15) is 11.3 Å². The highest BCUT2D eigenvalue weighted by Crippen LogP contribution is 2.43. The first-order chi connectivity index (χ1) is 15.9. The highest BCUT2D eigenvalue weighted by molar-refractivity contribution is 9.10. The Hall–Kier alpha value is -2.97. The summed E-state index contributed by atoms with van der Waals surface area (Å²) in [6, 6.07) is 12.1. The summed E-state index contributed by atoms with van der Waals surface area (Å²) in [6.45, 7) is 6.50. The van der Waals surface area contributed by atoms with E-state index < -0.39 is 6.04 Å². The lowest BCUT2D eigenvalue weighted by Gasteiger charge is -2.23. The van der Waals surface area contributed by atoms with E-state index in [9.17, 15) is 9.59 Å². The highest BCUT2D eigenvalue weighted by atomic mass is 79.9. The van der Waals surface area contributed by atoms with Crippen molar-refractivity contribution in [1.29, 1.82) is 0 Å². The SMILES string of the molecule is CCCOc1cccc(C2c3c(oc4ccc(Br)cc4c3=O)C(=O)N2c2nc(C)c(C)s2)c1. The van der Waals surface area contributed by atoms with Gasteiger partial charge in [-0.15, -0.1) is 11.3 Å². The van der Waals surface area contributed by atoms with Gasteiger partial charge in [-0.2, -0.15) is 0 Å². The Morgan fingerprint density at radius 1 is 1.18 bits per heavy atom. The molecule has 168 valence electrons. The number of ether oxygens (including phenoxy) is 1. The van der Waals surface area contributed by atoms with Gasteiger partial charge in [-0.05, 0) is 56.2 Å². The molecule has 1 unspecified atom stereocenters. The molecule has 6 nitrogen and oxygen atoms in total. The van der Waals surface area contributed by atoms with Crippen LogP contribution in [-0.4, -0.2) is 17.5 Å². The van der Waals surface area contributed by atoms with E-state index in [2.05, 4.69) is 20.9 Å². The maximum absolute atomic E-state index is 13.7. The summed E-state index contributed by atoms with van der Waals surface area (Å²) in [4.78, 5) is 34.6. The van der Waals surface area contributed by atoms with Crippen LogP contribution >= 0.6 is 27.3 Å². The van der Waals surface area contributed by atoms with Crippen molar-refractivity contribution >= 4 is 49.3 Å². The molecule has 4 aromatic rings. The van der Waals surface area contributed by atoms with Gasteiger partial charge in [-0.25, -0.2) is 4.98 Å². The molecule has 0 bridgehead atoms. The first kappa shape index (κ1) is 21.9. The molecule has 33 heavy (non-hydrogen) atoms. The van der Waals surface area contributed by atoms with Crippen LogP contribution in [0.1, 0.15) is 51.6 Å². The molecule has 0 spiro atoms. The lowest BCUT2D eigenvalue weighted by molar-refractivity contribution is 0.0971. The molecule has 2 aromatic carbocycles. The average molecular weight is 525 g/mol. The second kappa shape index (κ2) is 8.43. The quantitative estimate of drug-likeness (QED) is 0.312. The molecule has 2 aromatic heterocycles. The van der Waals surface area contributed by atoms with Gasteiger partial charge in [0, 0.05) is 9.35 Å². The molecular weight excluding hydrogens is 504 g/mol. The monoisotopic (exact) mass is 524 g/mol. The van der Waals surface area contributed by atoms with Gasteiger partial charge in [0.05, 0.1) is 29.3 Å². The Balaban J connectivity index is 1.76. The van der Waals surface area contributed by atoms with Crippen molar-refractivity contribution in [3.63, 3.8) is 0 Å². The summed E-state index contributed by atoms with van der Waals surface area (Å²) in [5.74, 6) is 0.380. The number of rotatable bonds is 5. The van der Waals surface area contributed by atoms with Crippen LogP contribution in [0.2, 0.25) is 0 Å². The maximum Gasteiger partial charge on any atom is 0.297 e. The number of nitrogens with zero attached hydrogens (tertiary/aromatic N) is 2. The maximum atomic E-state index is 13.7. The Morgan fingerprint density at radius 3 is 2.73 bits per heavy atom. The van der Waals surface area contributed by atoms with Gasteiger partial charge >= 0.3 is 0 Å². The number of anilines is 1. The average Bonchev–Trinajstić information content (AvgIpc) is 3.29. The van der Waals surface area contributed by atoms with Gasteiger partial charge in [0.15, 0.2) is 10.6 Å².